The molecule has 3 heterocycles. The molecule has 3 rings (SSSR count). The molecular weight excluding hydrogens is 296 g/mol. The summed E-state index contributed by atoms with van der Waals surface area (Å²) in [7, 11) is 0. The molecule has 2 saturated heterocycles. The Morgan fingerprint density at radius 3 is 2.65 bits per heavy atom. The number of anilines is 2. The Morgan fingerprint density at radius 1 is 1.22 bits per heavy atom. The molecule has 126 valence electrons. The molecule has 2 aliphatic rings. The van der Waals surface area contributed by atoms with E-state index in [4.69, 9.17) is 5.73 Å². The Hall–Kier alpha value is -1.93. The van der Waals surface area contributed by atoms with Crippen LogP contribution in [0.1, 0.15) is 12.8 Å². The number of amides is 1. The number of rotatable bonds is 5. The minimum Gasteiger partial charge on any atom is -0.394 e. The predicted molar refractivity (Wildman–Crippen MR) is 87.3 cm³/mol. The summed E-state index contributed by atoms with van der Waals surface area (Å²) >= 11 is 0. The van der Waals surface area contributed by atoms with Gasteiger partial charge in [-0.3, -0.25) is 9.69 Å². The minimum absolute atomic E-state index is 0.158. The van der Waals surface area contributed by atoms with Crippen LogP contribution in [-0.4, -0.2) is 77.8 Å². The molecule has 0 saturated carbocycles. The molecule has 0 aromatic carbocycles. The van der Waals surface area contributed by atoms with Crippen LogP contribution in [0.4, 0.5) is 11.6 Å². The number of primary amides is 1. The van der Waals surface area contributed by atoms with Gasteiger partial charge in [0, 0.05) is 38.8 Å². The van der Waals surface area contributed by atoms with E-state index < -0.39 is 0 Å². The van der Waals surface area contributed by atoms with Crippen molar-refractivity contribution in [2.45, 2.75) is 18.9 Å². The molecule has 2 aliphatic heterocycles. The molecule has 0 bridgehead atoms. The molecule has 0 spiro atoms. The Kier molecular flexibility index (Phi) is 4.92. The number of hydrogen-bond acceptors (Lipinski definition) is 7. The van der Waals surface area contributed by atoms with Gasteiger partial charge in [-0.2, -0.15) is 0 Å². The number of aromatic nitrogens is 2. The highest BCUT2D eigenvalue weighted by Gasteiger charge is 2.26. The molecule has 8 nitrogen and oxygen atoms in total. The highest BCUT2D eigenvalue weighted by molar-refractivity contribution is 5.75. The number of nitrogens with zero attached hydrogens (tertiary/aromatic N) is 5. The first kappa shape index (κ1) is 15.9. The van der Waals surface area contributed by atoms with E-state index in [-0.39, 0.29) is 18.6 Å². The van der Waals surface area contributed by atoms with E-state index in [1.165, 1.54) is 0 Å². The summed E-state index contributed by atoms with van der Waals surface area (Å²) < 4.78 is 0. The first-order valence-corrected chi connectivity index (χ1v) is 8.12. The molecule has 23 heavy (non-hydrogen) atoms. The number of carbonyl (C=O) groups is 1. The van der Waals surface area contributed by atoms with Crippen molar-refractivity contribution in [2.24, 2.45) is 5.73 Å². The zero-order valence-corrected chi connectivity index (χ0v) is 13.3. The SMILES string of the molecule is NC(=O)CN1CCN(c2cc(N3CCC[C@@H]3CO)ncn2)CC1. The molecular formula is C15H24N6O2. The van der Waals surface area contributed by atoms with Crippen LogP contribution in [0.5, 0.6) is 0 Å². The average molecular weight is 320 g/mol. The van der Waals surface area contributed by atoms with Crippen LogP contribution >= 0.6 is 0 Å². The summed E-state index contributed by atoms with van der Waals surface area (Å²) in [5.41, 5.74) is 5.24. The van der Waals surface area contributed by atoms with Crippen molar-refractivity contribution in [3.05, 3.63) is 12.4 Å². The van der Waals surface area contributed by atoms with E-state index >= 15 is 0 Å². The maximum Gasteiger partial charge on any atom is 0.231 e. The molecule has 8 heteroatoms. The van der Waals surface area contributed by atoms with Gasteiger partial charge in [0.15, 0.2) is 0 Å². The highest BCUT2D eigenvalue weighted by atomic mass is 16.3. The molecule has 0 radical (unpaired) electrons. The lowest BCUT2D eigenvalue weighted by molar-refractivity contribution is -0.119. The van der Waals surface area contributed by atoms with Crippen molar-refractivity contribution >= 4 is 17.5 Å². The first-order valence-electron chi connectivity index (χ1n) is 8.12. The molecule has 2 fully saturated rings. The molecule has 0 aliphatic carbocycles. The van der Waals surface area contributed by atoms with Gasteiger partial charge in [0.1, 0.15) is 18.0 Å². The second-order valence-electron chi connectivity index (χ2n) is 6.14. The van der Waals surface area contributed by atoms with Crippen molar-refractivity contribution in [3.8, 4) is 0 Å². The fourth-order valence-electron chi connectivity index (χ4n) is 3.35. The van der Waals surface area contributed by atoms with Crippen LogP contribution in [-0.2, 0) is 4.79 Å². The quantitative estimate of drug-likeness (QED) is 0.721. The topological polar surface area (TPSA) is 98.8 Å². The van der Waals surface area contributed by atoms with E-state index in [0.29, 0.717) is 6.54 Å². The Balaban J connectivity index is 1.65. The highest BCUT2D eigenvalue weighted by Crippen LogP contribution is 2.26. The summed E-state index contributed by atoms with van der Waals surface area (Å²) in [6.45, 7) is 4.62. The van der Waals surface area contributed by atoms with Crippen molar-refractivity contribution < 1.29 is 9.90 Å². The average Bonchev–Trinajstić information content (AvgIpc) is 3.04. The van der Waals surface area contributed by atoms with Gasteiger partial charge in [-0.05, 0) is 12.8 Å². The van der Waals surface area contributed by atoms with Gasteiger partial charge in [0.2, 0.25) is 5.91 Å². The standard InChI is InChI=1S/C15H24N6O2/c16-13(23)9-19-4-6-20(7-5-19)14-8-15(18-11-17-14)21-3-1-2-12(21)10-22/h8,11-12,22H,1-7,9-10H2,(H2,16,23)/t12-/m1/s1. The van der Waals surface area contributed by atoms with Gasteiger partial charge < -0.3 is 20.6 Å². The number of aliphatic hydroxyl groups is 1. The molecule has 1 amide bonds. The fourth-order valence-corrected chi connectivity index (χ4v) is 3.35. The van der Waals surface area contributed by atoms with Crippen molar-refractivity contribution in [1.82, 2.24) is 14.9 Å². The van der Waals surface area contributed by atoms with Gasteiger partial charge in [0.05, 0.1) is 19.2 Å². The lowest BCUT2D eigenvalue weighted by atomic mass is 10.2. The third kappa shape index (κ3) is 3.70. The zero-order chi connectivity index (χ0) is 16.2. The van der Waals surface area contributed by atoms with Gasteiger partial charge in [-0.25, -0.2) is 9.97 Å². The second kappa shape index (κ2) is 7.10. The normalized spacial score (nSPS) is 22.6. The van der Waals surface area contributed by atoms with Gasteiger partial charge in [-0.15, -0.1) is 0 Å². The van der Waals surface area contributed by atoms with Gasteiger partial charge in [-0.1, -0.05) is 0 Å². The van der Waals surface area contributed by atoms with E-state index in [0.717, 1.165) is 57.2 Å². The largest absolute Gasteiger partial charge is 0.394 e. The Bertz CT molecular complexity index is 547. The van der Waals surface area contributed by atoms with Crippen LogP contribution < -0.4 is 15.5 Å². The predicted octanol–water partition coefficient (Wildman–Crippen LogP) is -0.955. The maximum absolute atomic E-state index is 11.0. The van der Waals surface area contributed by atoms with Crippen molar-refractivity contribution in [2.75, 3.05) is 55.7 Å². The van der Waals surface area contributed by atoms with Crippen LogP contribution in [0.3, 0.4) is 0 Å². The maximum atomic E-state index is 11.0. The van der Waals surface area contributed by atoms with Crippen LogP contribution in [0.15, 0.2) is 12.4 Å². The van der Waals surface area contributed by atoms with E-state index in [1.54, 1.807) is 6.33 Å². The molecule has 0 unspecified atom stereocenters. The van der Waals surface area contributed by atoms with Crippen LogP contribution in [0.2, 0.25) is 0 Å². The smallest absolute Gasteiger partial charge is 0.231 e. The molecule has 3 N–H and O–H groups in total. The fraction of sp³-hybridized carbons (Fsp3) is 0.667. The zero-order valence-electron chi connectivity index (χ0n) is 13.3. The first-order chi connectivity index (χ1) is 11.2. The monoisotopic (exact) mass is 320 g/mol. The number of nitrogens with two attached hydrogens (primary N) is 1. The Labute approximate surface area is 135 Å². The van der Waals surface area contributed by atoms with Gasteiger partial charge >= 0.3 is 0 Å². The molecule has 1 aromatic heterocycles. The van der Waals surface area contributed by atoms with E-state index in [9.17, 15) is 9.90 Å². The molecule has 1 aromatic rings. The summed E-state index contributed by atoms with van der Waals surface area (Å²) in [6, 6.07) is 2.16. The third-order valence-electron chi connectivity index (χ3n) is 4.60. The summed E-state index contributed by atoms with van der Waals surface area (Å²) in [5, 5.41) is 9.48. The summed E-state index contributed by atoms with van der Waals surface area (Å²) in [6.07, 6.45) is 3.67. The summed E-state index contributed by atoms with van der Waals surface area (Å²) in [5.74, 6) is 1.50. The number of aliphatic hydroxyl groups excluding tert-OH is 1. The lowest BCUT2D eigenvalue weighted by Gasteiger charge is -2.35. The van der Waals surface area contributed by atoms with Crippen molar-refractivity contribution in [1.29, 1.82) is 0 Å². The Morgan fingerprint density at radius 2 is 1.96 bits per heavy atom. The number of carbonyl (C=O) groups excluding carboxylic acids is 1. The van der Waals surface area contributed by atoms with Crippen molar-refractivity contribution in [3.63, 3.8) is 0 Å². The minimum atomic E-state index is -0.285. The number of hydrogen-bond donors (Lipinski definition) is 2. The van der Waals surface area contributed by atoms with Crippen LogP contribution in [0.25, 0.3) is 0 Å². The van der Waals surface area contributed by atoms with E-state index in [1.807, 2.05) is 6.07 Å². The summed E-state index contributed by atoms with van der Waals surface area (Å²) in [4.78, 5) is 26.2. The second-order valence-corrected chi connectivity index (χ2v) is 6.14. The lowest BCUT2D eigenvalue weighted by Crippen LogP contribution is -2.49. The number of piperazine rings is 1. The molecule has 1 atom stereocenters. The van der Waals surface area contributed by atoms with E-state index in [2.05, 4.69) is 24.7 Å². The van der Waals surface area contributed by atoms with Gasteiger partial charge in [0.25, 0.3) is 0 Å². The van der Waals surface area contributed by atoms with Crippen LogP contribution in [0, 0.1) is 0 Å². The third-order valence-corrected chi connectivity index (χ3v) is 4.60.